The molecule has 9 heteroatoms. The normalized spacial score (nSPS) is 15.7. The van der Waals surface area contributed by atoms with E-state index < -0.39 is 18.0 Å². The van der Waals surface area contributed by atoms with E-state index >= 15 is 0 Å². The molecule has 8 nitrogen and oxygen atoms in total. The van der Waals surface area contributed by atoms with Crippen molar-refractivity contribution in [2.24, 2.45) is 7.05 Å². The fraction of sp³-hybridized carbons (Fsp3) is 0.280. The van der Waals surface area contributed by atoms with E-state index in [-0.39, 0.29) is 18.9 Å². The summed E-state index contributed by atoms with van der Waals surface area (Å²) in [5.41, 5.74) is 4.39. The van der Waals surface area contributed by atoms with Crippen LogP contribution in [0.15, 0.2) is 48.5 Å². The third-order valence-electron chi connectivity index (χ3n) is 6.08. The molecular formula is C25H26ClN5O3. The molecule has 1 aliphatic heterocycles. The molecule has 1 aromatic heterocycles. The van der Waals surface area contributed by atoms with Gasteiger partial charge in [0, 0.05) is 29.0 Å². The first-order valence-corrected chi connectivity index (χ1v) is 11.3. The number of carbonyl (C=O) groups is 3. The Hall–Kier alpha value is -3.65. The van der Waals surface area contributed by atoms with Gasteiger partial charge < -0.3 is 10.2 Å². The van der Waals surface area contributed by atoms with Crippen LogP contribution in [0.1, 0.15) is 28.9 Å². The van der Waals surface area contributed by atoms with Crippen molar-refractivity contribution in [1.29, 1.82) is 0 Å². The van der Waals surface area contributed by atoms with Gasteiger partial charge in [0.2, 0.25) is 5.91 Å². The minimum absolute atomic E-state index is 0.103. The average Bonchev–Trinajstić information content (AvgIpc) is 3.19. The predicted molar refractivity (Wildman–Crippen MR) is 131 cm³/mol. The Bertz CT molecular complexity index is 1290. The molecule has 0 radical (unpaired) electrons. The number of aryl methyl sites for hydroxylation is 3. The fourth-order valence-electron chi connectivity index (χ4n) is 4.20. The highest BCUT2D eigenvalue weighted by atomic mass is 35.5. The highest BCUT2D eigenvalue weighted by molar-refractivity contribution is 6.31. The first kappa shape index (κ1) is 23.5. The summed E-state index contributed by atoms with van der Waals surface area (Å²) >= 11 is 6.07. The zero-order valence-corrected chi connectivity index (χ0v) is 20.3. The molecule has 0 bridgehead atoms. The van der Waals surface area contributed by atoms with Crippen molar-refractivity contribution in [3.05, 3.63) is 76.1 Å². The summed E-state index contributed by atoms with van der Waals surface area (Å²) in [4.78, 5) is 42.5. The molecule has 1 aliphatic rings. The first-order valence-electron chi connectivity index (χ1n) is 10.9. The van der Waals surface area contributed by atoms with Gasteiger partial charge in [0.25, 0.3) is 5.91 Å². The lowest BCUT2D eigenvalue weighted by Crippen LogP contribution is -2.47. The maximum atomic E-state index is 13.5. The second-order valence-electron chi connectivity index (χ2n) is 8.47. The minimum atomic E-state index is -0.953. The van der Waals surface area contributed by atoms with Crippen LogP contribution in [0.2, 0.25) is 5.02 Å². The molecule has 34 heavy (non-hydrogen) atoms. The monoisotopic (exact) mass is 479 g/mol. The Morgan fingerprint density at radius 3 is 2.53 bits per heavy atom. The summed E-state index contributed by atoms with van der Waals surface area (Å²) in [5, 5.41) is 7.72. The summed E-state index contributed by atoms with van der Waals surface area (Å²) in [6.07, 6.45) is -0.103. The van der Waals surface area contributed by atoms with Gasteiger partial charge >= 0.3 is 6.03 Å². The van der Waals surface area contributed by atoms with Crippen LogP contribution in [0.4, 0.5) is 16.2 Å². The second-order valence-corrected chi connectivity index (χ2v) is 8.90. The van der Waals surface area contributed by atoms with E-state index in [1.165, 1.54) is 9.80 Å². The van der Waals surface area contributed by atoms with E-state index in [0.717, 1.165) is 22.5 Å². The van der Waals surface area contributed by atoms with Crippen molar-refractivity contribution in [1.82, 2.24) is 14.7 Å². The number of urea groups is 1. The van der Waals surface area contributed by atoms with Gasteiger partial charge in [0.05, 0.1) is 24.3 Å². The van der Waals surface area contributed by atoms with Gasteiger partial charge in [-0.3, -0.25) is 14.3 Å². The number of imide groups is 1. The number of aromatic nitrogens is 2. The molecule has 1 fully saturated rings. The molecule has 0 unspecified atom stereocenters. The molecule has 1 atom stereocenters. The lowest BCUT2D eigenvalue weighted by Gasteiger charge is -2.28. The highest BCUT2D eigenvalue weighted by Crippen LogP contribution is 2.29. The number of amides is 4. The molecule has 0 saturated carbocycles. The van der Waals surface area contributed by atoms with Gasteiger partial charge in [-0.2, -0.15) is 5.10 Å². The van der Waals surface area contributed by atoms with E-state index in [0.29, 0.717) is 16.4 Å². The number of rotatable bonds is 5. The van der Waals surface area contributed by atoms with Crippen LogP contribution < -0.4 is 10.2 Å². The van der Waals surface area contributed by atoms with E-state index in [1.807, 2.05) is 33.9 Å². The highest BCUT2D eigenvalue weighted by Gasteiger charge is 2.44. The number of hydrogen-bond donors (Lipinski definition) is 1. The summed E-state index contributed by atoms with van der Waals surface area (Å²) in [7, 11) is 1.83. The quantitative estimate of drug-likeness (QED) is 0.550. The Kier molecular flexibility index (Phi) is 6.43. The van der Waals surface area contributed by atoms with Crippen LogP contribution in [0, 0.1) is 20.8 Å². The predicted octanol–water partition coefficient (Wildman–Crippen LogP) is 4.36. The van der Waals surface area contributed by atoms with Gasteiger partial charge in [-0.25, -0.2) is 9.69 Å². The maximum absolute atomic E-state index is 13.5. The molecule has 4 amide bonds. The second kappa shape index (κ2) is 9.30. The molecule has 0 aliphatic carbocycles. The van der Waals surface area contributed by atoms with Crippen molar-refractivity contribution in [3.8, 4) is 0 Å². The smallest absolute Gasteiger partial charge is 0.308 e. The van der Waals surface area contributed by atoms with Gasteiger partial charge in [-0.05, 0) is 56.7 Å². The lowest BCUT2D eigenvalue weighted by molar-refractivity contribution is -0.122. The van der Waals surface area contributed by atoms with Crippen molar-refractivity contribution in [2.75, 3.05) is 10.2 Å². The van der Waals surface area contributed by atoms with Gasteiger partial charge in [-0.15, -0.1) is 0 Å². The van der Waals surface area contributed by atoms with Crippen molar-refractivity contribution in [2.45, 2.75) is 39.8 Å². The van der Waals surface area contributed by atoms with Gasteiger partial charge in [-0.1, -0.05) is 29.8 Å². The average molecular weight is 480 g/mol. The number of benzene rings is 2. The minimum Gasteiger partial charge on any atom is -0.308 e. The van der Waals surface area contributed by atoms with E-state index in [2.05, 4.69) is 10.4 Å². The van der Waals surface area contributed by atoms with Crippen LogP contribution in [0.25, 0.3) is 0 Å². The summed E-state index contributed by atoms with van der Waals surface area (Å²) in [5.74, 6) is -0.781. The fourth-order valence-corrected chi connectivity index (χ4v) is 4.39. The number of hydrogen-bond acceptors (Lipinski definition) is 4. The summed E-state index contributed by atoms with van der Waals surface area (Å²) < 4.78 is 1.73. The molecule has 3 aromatic rings. The Labute approximate surface area is 203 Å². The third kappa shape index (κ3) is 4.54. The Morgan fingerprint density at radius 1 is 1.15 bits per heavy atom. The molecule has 1 saturated heterocycles. The topological polar surface area (TPSA) is 87.5 Å². The van der Waals surface area contributed by atoms with Gasteiger partial charge in [0.1, 0.15) is 6.04 Å². The van der Waals surface area contributed by atoms with E-state index in [4.69, 9.17) is 11.6 Å². The number of halogens is 1. The number of anilines is 2. The zero-order valence-electron chi connectivity index (χ0n) is 19.5. The van der Waals surface area contributed by atoms with Crippen molar-refractivity contribution < 1.29 is 14.4 Å². The molecule has 2 heterocycles. The molecule has 0 spiro atoms. The Morgan fingerprint density at radius 2 is 1.88 bits per heavy atom. The lowest BCUT2D eigenvalue weighted by atomic mass is 10.1. The van der Waals surface area contributed by atoms with Crippen LogP contribution in [0.3, 0.4) is 0 Å². The van der Waals surface area contributed by atoms with E-state index in [9.17, 15) is 14.4 Å². The molecule has 2 aromatic carbocycles. The summed E-state index contributed by atoms with van der Waals surface area (Å²) in [6, 6.07) is 12.5. The van der Waals surface area contributed by atoms with Crippen LogP contribution in [0.5, 0.6) is 0 Å². The molecular weight excluding hydrogens is 454 g/mol. The van der Waals surface area contributed by atoms with E-state index in [1.54, 1.807) is 47.1 Å². The molecule has 176 valence electrons. The molecule has 4 rings (SSSR count). The third-order valence-corrected chi connectivity index (χ3v) is 6.32. The maximum Gasteiger partial charge on any atom is 0.322 e. The Balaban J connectivity index is 1.69. The van der Waals surface area contributed by atoms with Crippen LogP contribution in [-0.2, 0) is 23.2 Å². The summed E-state index contributed by atoms with van der Waals surface area (Å²) in [6.45, 7) is 5.78. The standard InChI is InChI=1S/C25H26ClN5O3/c1-15-7-5-10-20(11-15)31-23(32)13-22(24(31)33)30(14-21-16(2)28-29(4)17(21)3)25(34)27-19-9-6-8-18(26)12-19/h5-12,22H,13-14H2,1-4H3,(H,27,34)/t22-/m1/s1. The van der Waals surface area contributed by atoms with Crippen LogP contribution >= 0.6 is 11.6 Å². The first-order chi connectivity index (χ1) is 16.2. The SMILES string of the molecule is Cc1cccc(N2C(=O)C[C@@H](N(Cc3c(C)nn(C)c3C)C(=O)Nc3cccc(Cl)c3)C2=O)c1. The zero-order chi connectivity index (χ0) is 24.6. The largest absolute Gasteiger partial charge is 0.322 e. The van der Waals surface area contributed by atoms with Crippen LogP contribution in [-0.4, -0.2) is 38.6 Å². The molecule has 1 N–H and O–H groups in total. The number of nitrogens with zero attached hydrogens (tertiary/aromatic N) is 4. The number of nitrogens with one attached hydrogen (secondary N) is 1. The van der Waals surface area contributed by atoms with Crippen molar-refractivity contribution >= 4 is 40.8 Å². The van der Waals surface area contributed by atoms with Crippen molar-refractivity contribution in [3.63, 3.8) is 0 Å². The number of carbonyl (C=O) groups excluding carboxylic acids is 3. The van der Waals surface area contributed by atoms with Gasteiger partial charge in [0.15, 0.2) is 0 Å².